The van der Waals surface area contributed by atoms with Crippen LogP contribution in [0.3, 0.4) is 0 Å². The van der Waals surface area contributed by atoms with E-state index in [0.717, 1.165) is 28.8 Å². The Balaban J connectivity index is 2.22. The zero-order valence-corrected chi connectivity index (χ0v) is 12.2. The lowest BCUT2D eigenvalue weighted by molar-refractivity contribution is -0.0294. The number of aliphatic hydroxyl groups is 1. The molecular weight excluding hydrogens is 276 g/mol. The van der Waals surface area contributed by atoms with E-state index in [1.807, 2.05) is 31.2 Å². The van der Waals surface area contributed by atoms with Gasteiger partial charge in [-0.25, -0.2) is 0 Å². The number of rotatable bonds is 2. The van der Waals surface area contributed by atoms with Crippen LogP contribution < -0.4 is 0 Å². The number of halogens is 1. The van der Waals surface area contributed by atoms with Crippen molar-refractivity contribution in [1.29, 1.82) is 0 Å². The van der Waals surface area contributed by atoms with Gasteiger partial charge < -0.3 is 5.11 Å². The van der Waals surface area contributed by atoms with Crippen molar-refractivity contribution in [2.75, 3.05) is 0 Å². The van der Waals surface area contributed by atoms with Crippen LogP contribution >= 0.6 is 15.9 Å². The Morgan fingerprint density at radius 2 is 2.12 bits per heavy atom. The fourth-order valence-corrected chi connectivity index (χ4v) is 3.38. The van der Waals surface area contributed by atoms with Gasteiger partial charge in [-0.05, 0) is 49.3 Å². The normalized spacial score (nSPS) is 28.7. The first-order chi connectivity index (χ1) is 8.00. The highest BCUT2D eigenvalue weighted by Crippen LogP contribution is 2.41. The Hall–Kier alpha value is -0.340. The third kappa shape index (κ3) is 2.92. The minimum atomic E-state index is -0.696. The Labute approximate surface area is 112 Å². The predicted octanol–water partition coefficient (Wildman–Crippen LogP) is 4.48. The first-order valence-corrected chi connectivity index (χ1v) is 7.28. The summed E-state index contributed by atoms with van der Waals surface area (Å²) in [5.41, 5.74) is 0.337. The molecule has 0 aliphatic heterocycles. The van der Waals surface area contributed by atoms with E-state index in [-0.39, 0.29) is 0 Å². The number of hydrogen-bond acceptors (Lipinski definition) is 1. The third-order valence-electron chi connectivity index (χ3n) is 4.14. The smallest absolute Gasteiger partial charge is 0.0897 e. The van der Waals surface area contributed by atoms with Crippen LogP contribution in [0, 0.1) is 11.8 Å². The Morgan fingerprint density at radius 3 is 2.76 bits per heavy atom. The maximum atomic E-state index is 10.8. The molecule has 2 heteroatoms. The van der Waals surface area contributed by atoms with Gasteiger partial charge in [0.1, 0.15) is 0 Å². The molecule has 3 atom stereocenters. The molecule has 0 aromatic heterocycles. The molecule has 94 valence electrons. The van der Waals surface area contributed by atoms with Gasteiger partial charge in [-0.1, -0.05) is 47.8 Å². The summed E-state index contributed by atoms with van der Waals surface area (Å²) in [5, 5.41) is 10.8. The van der Waals surface area contributed by atoms with Crippen molar-refractivity contribution in [3.05, 3.63) is 34.3 Å². The van der Waals surface area contributed by atoms with Crippen LogP contribution in [0.2, 0.25) is 0 Å². The maximum absolute atomic E-state index is 10.8. The van der Waals surface area contributed by atoms with E-state index in [1.54, 1.807) is 0 Å². The van der Waals surface area contributed by atoms with Gasteiger partial charge in [0.25, 0.3) is 0 Å². The van der Waals surface area contributed by atoms with E-state index < -0.39 is 5.60 Å². The standard InChI is InChI=1S/C15H21BrO/c1-11-5-3-6-12(9-11)15(2,17)13-7-4-8-14(16)10-13/h4,7-8,10-12,17H,3,5-6,9H2,1-2H3. The molecule has 3 unspecified atom stereocenters. The average Bonchev–Trinajstić information content (AvgIpc) is 2.29. The zero-order chi connectivity index (χ0) is 12.5. The van der Waals surface area contributed by atoms with Gasteiger partial charge in [-0.3, -0.25) is 0 Å². The minimum absolute atomic E-state index is 0.389. The maximum Gasteiger partial charge on any atom is 0.0897 e. The first kappa shape index (κ1) is 13.1. The molecule has 1 nitrogen and oxygen atoms in total. The molecule has 0 saturated heterocycles. The largest absolute Gasteiger partial charge is 0.385 e. The molecule has 0 heterocycles. The molecule has 1 aliphatic carbocycles. The molecule has 0 radical (unpaired) electrons. The van der Waals surface area contributed by atoms with Crippen molar-refractivity contribution in [3.8, 4) is 0 Å². The molecule has 0 bridgehead atoms. The lowest BCUT2D eigenvalue weighted by Crippen LogP contribution is -2.35. The molecule has 1 aliphatic rings. The van der Waals surface area contributed by atoms with Crippen molar-refractivity contribution in [1.82, 2.24) is 0 Å². The lowest BCUT2D eigenvalue weighted by Gasteiger charge is -2.38. The van der Waals surface area contributed by atoms with Crippen molar-refractivity contribution < 1.29 is 5.11 Å². The van der Waals surface area contributed by atoms with Crippen LogP contribution in [0.4, 0.5) is 0 Å². The molecular formula is C15H21BrO. The van der Waals surface area contributed by atoms with Crippen LogP contribution in [-0.2, 0) is 5.60 Å². The summed E-state index contributed by atoms with van der Waals surface area (Å²) in [4.78, 5) is 0. The second-order valence-corrected chi connectivity index (χ2v) is 6.54. The summed E-state index contributed by atoms with van der Waals surface area (Å²) >= 11 is 3.48. The quantitative estimate of drug-likeness (QED) is 0.853. The van der Waals surface area contributed by atoms with Crippen LogP contribution in [0.1, 0.15) is 45.1 Å². The van der Waals surface area contributed by atoms with E-state index in [9.17, 15) is 5.11 Å². The fourth-order valence-electron chi connectivity index (χ4n) is 2.98. The lowest BCUT2D eigenvalue weighted by atomic mass is 9.71. The van der Waals surface area contributed by atoms with Crippen LogP contribution in [0.15, 0.2) is 28.7 Å². The van der Waals surface area contributed by atoms with Crippen molar-refractivity contribution in [2.45, 2.75) is 45.1 Å². The van der Waals surface area contributed by atoms with Crippen molar-refractivity contribution in [2.24, 2.45) is 11.8 Å². The topological polar surface area (TPSA) is 20.2 Å². The molecule has 0 spiro atoms. The summed E-state index contributed by atoms with van der Waals surface area (Å²) in [7, 11) is 0. The molecule has 1 aromatic carbocycles. The van der Waals surface area contributed by atoms with Gasteiger partial charge in [0.15, 0.2) is 0 Å². The number of hydrogen-bond donors (Lipinski definition) is 1. The molecule has 17 heavy (non-hydrogen) atoms. The highest BCUT2D eigenvalue weighted by molar-refractivity contribution is 9.10. The summed E-state index contributed by atoms with van der Waals surface area (Å²) in [5.74, 6) is 1.13. The molecule has 1 aromatic rings. The van der Waals surface area contributed by atoms with E-state index >= 15 is 0 Å². The summed E-state index contributed by atoms with van der Waals surface area (Å²) in [6.07, 6.45) is 4.84. The second-order valence-electron chi connectivity index (χ2n) is 5.63. The summed E-state index contributed by atoms with van der Waals surface area (Å²) in [6, 6.07) is 8.08. The zero-order valence-electron chi connectivity index (χ0n) is 10.6. The molecule has 1 fully saturated rings. The van der Waals surface area contributed by atoms with E-state index in [1.165, 1.54) is 12.8 Å². The fraction of sp³-hybridized carbons (Fsp3) is 0.600. The number of benzene rings is 1. The van der Waals surface area contributed by atoms with Gasteiger partial charge in [0.2, 0.25) is 0 Å². The van der Waals surface area contributed by atoms with Gasteiger partial charge in [0.05, 0.1) is 5.60 Å². The Kier molecular flexibility index (Phi) is 3.94. The minimum Gasteiger partial charge on any atom is -0.385 e. The predicted molar refractivity (Wildman–Crippen MR) is 74.8 cm³/mol. The summed E-state index contributed by atoms with van der Waals surface area (Å²) in [6.45, 7) is 4.26. The van der Waals surface area contributed by atoms with Gasteiger partial charge in [-0.15, -0.1) is 0 Å². The van der Waals surface area contributed by atoms with Crippen molar-refractivity contribution >= 4 is 15.9 Å². The molecule has 1 N–H and O–H groups in total. The van der Waals surface area contributed by atoms with E-state index in [2.05, 4.69) is 22.9 Å². The van der Waals surface area contributed by atoms with Crippen LogP contribution in [0.5, 0.6) is 0 Å². The highest BCUT2D eigenvalue weighted by Gasteiger charge is 2.36. The first-order valence-electron chi connectivity index (χ1n) is 6.48. The van der Waals surface area contributed by atoms with Gasteiger partial charge in [0, 0.05) is 4.47 Å². The Morgan fingerprint density at radius 1 is 1.35 bits per heavy atom. The van der Waals surface area contributed by atoms with Crippen molar-refractivity contribution in [3.63, 3.8) is 0 Å². The highest BCUT2D eigenvalue weighted by atomic mass is 79.9. The monoisotopic (exact) mass is 296 g/mol. The SMILES string of the molecule is CC1CCCC(C(C)(O)c2cccc(Br)c2)C1. The Bertz CT molecular complexity index is 386. The average molecular weight is 297 g/mol. The van der Waals surface area contributed by atoms with E-state index in [0.29, 0.717) is 5.92 Å². The van der Waals surface area contributed by atoms with Crippen LogP contribution in [0.25, 0.3) is 0 Å². The van der Waals surface area contributed by atoms with E-state index in [4.69, 9.17) is 0 Å². The second kappa shape index (κ2) is 5.11. The molecule has 1 saturated carbocycles. The summed E-state index contributed by atoms with van der Waals surface area (Å²) < 4.78 is 1.04. The van der Waals surface area contributed by atoms with Crippen LogP contribution in [-0.4, -0.2) is 5.11 Å². The molecule has 0 amide bonds. The third-order valence-corrected chi connectivity index (χ3v) is 4.63. The van der Waals surface area contributed by atoms with Gasteiger partial charge >= 0.3 is 0 Å². The van der Waals surface area contributed by atoms with Gasteiger partial charge in [-0.2, -0.15) is 0 Å². The molecule has 2 rings (SSSR count).